The van der Waals surface area contributed by atoms with E-state index in [9.17, 15) is 14.0 Å². The quantitative estimate of drug-likeness (QED) is 0.463. The van der Waals surface area contributed by atoms with E-state index >= 15 is 4.39 Å². The van der Waals surface area contributed by atoms with Crippen molar-refractivity contribution in [3.63, 3.8) is 0 Å². The van der Waals surface area contributed by atoms with Gasteiger partial charge >= 0.3 is 0 Å². The van der Waals surface area contributed by atoms with Crippen molar-refractivity contribution in [1.29, 1.82) is 0 Å². The van der Waals surface area contributed by atoms with Crippen LogP contribution in [-0.4, -0.2) is 28.1 Å². The van der Waals surface area contributed by atoms with Crippen molar-refractivity contribution in [2.75, 3.05) is 11.4 Å². The highest BCUT2D eigenvalue weighted by molar-refractivity contribution is 8.18. The molecule has 1 saturated heterocycles. The summed E-state index contributed by atoms with van der Waals surface area (Å²) in [5.41, 5.74) is 3.01. The first-order valence-electron chi connectivity index (χ1n) is 10.9. The first-order chi connectivity index (χ1) is 15.6. The van der Waals surface area contributed by atoms with Crippen LogP contribution in [-0.2, 0) is 11.3 Å². The predicted molar refractivity (Wildman–Crippen MR) is 130 cm³/mol. The Labute approximate surface area is 197 Å². The van der Waals surface area contributed by atoms with Gasteiger partial charge in [-0.15, -0.1) is 0 Å². The zero-order chi connectivity index (χ0) is 23.9. The van der Waals surface area contributed by atoms with Crippen molar-refractivity contribution >= 4 is 40.2 Å². The maximum Gasteiger partial charge on any atom is 0.293 e. The SMILES string of the molecule is CCCN1c2cc(F)c(/C=C3/SC(=O)N(Cc4ccccc4F)C3=O)cc2C(C)=CC1(C)C. The molecule has 0 spiro atoms. The van der Waals surface area contributed by atoms with Gasteiger partial charge in [0.25, 0.3) is 11.1 Å². The second-order valence-electron chi connectivity index (χ2n) is 8.88. The minimum Gasteiger partial charge on any atom is -0.362 e. The number of carbonyl (C=O) groups excluding carboxylic acids is 2. The van der Waals surface area contributed by atoms with Gasteiger partial charge < -0.3 is 4.90 Å². The Morgan fingerprint density at radius 2 is 1.82 bits per heavy atom. The molecule has 4 rings (SSSR count). The molecule has 33 heavy (non-hydrogen) atoms. The number of amides is 2. The molecule has 0 aromatic heterocycles. The molecule has 172 valence electrons. The molecular formula is C26H26F2N2O2S. The minimum absolute atomic E-state index is 0.123. The third kappa shape index (κ3) is 4.34. The lowest BCUT2D eigenvalue weighted by atomic mass is 9.87. The average molecular weight is 469 g/mol. The Morgan fingerprint density at radius 1 is 1.09 bits per heavy atom. The van der Waals surface area contributed by atoms with Gasteiger partial charge in [0.05, 0.1) is 17.0 Å². The van der Waals surface area contributed by atoms with Crippen LogP contribution < -0.4 is 4.90 Å². The number of fused-ring (bicyclic) bond motifs is 1. The second kappa shape index (κ2) is 8.78. The van der Waals surface area contributed by atoms with Gasteiger partial charge in [-0.25, -0.2) is 8.78 Å². The normalized spacial score (nSPS) is 18.7. The number of rotatable bonds is 5. The summed E-state index contributed by atoms with van der Waals surface area (Å²) in [5.74, 6) is -1.49. The van der Waals surface area contributed by atoms with E-state index in [2.05, 4.69) is 31.7 Å². The number of carbonyl (C=O) groups is 2. The van der Waals surface area contributed by atoms with Gasteiger partial charge in [-0.1, -0.05) is 31.2 Å². The zero-order valence-corrected chi connectivity index (χ0v) is 19.9. The molecule has 0 radical (unpaired) electrons. The highest BCUT2D eigenvalue weighted by Gasteiger charge is 2.36. The van der Waals surface area contributed by atoms with Crippen LogP contribution in [0.5, 0.6) is 0 Å². The van der Waals surface area contributed by atoms with Crippen LogP contribution in [0, 0.1) is 11.6 Å². The molecule has 0 saturated carbocycles. The fourth-order valence-electron chi connectivity index (χ4n) is 4.43. The van der Waals surface area contributed by atoms with Gasteiger partial charge in [0, 0.05) is 28.9 Å². The Bertz CT molecular complexity index is 1200. The van der Waals surface area contributed by atoms with Crippen LogP contribution in [0.1, 0.15) is 50.8 Å². The van der Waals surface area contributed by atoms with E-state index in [0.29, 0.717) is 0 Å². The topological polar surface area (TPSA) is 40.6 Å². The van der Waals surface area contributed by atoms with Crippen molar-refractivity contribution in [3.8, 4) is 0 Å². The van der Waals surface area contributed by atoms with Crippen molar-refractivity contribution in [2.24, 2.45) is 0 Å². The number of imide groups is 1. The lowest BCUT2D eigenvalue weighted by Crippen LogP contribution is -2.45. The third-order valence-electron chi connectivity index (χ3n) is 5.99. The van der Waals surface area contributed by atoms with Crippen molar-refractivity contribution in [3.05, 3.63) is 75.7 Å². The molecule has 2 aliphatic heterocycles. The van der Waals surface area contributed by atoms with E-state index in [-0.39, 0.29) is 28.1 Å². The Kier molecular flexibility index (Phi) is 6.18. The summed E-state index contributed by atoms with van der Waals surface area (Å²) in [7, 11) is 0. The third-order valence-corrected chi connectivity index (χ3v) is 6.90. The number of halogens is 2. The molecule has 2 heterocycles. The fourth-order valence-corrected chi connectivity index (χ4v) is 5.26. The van der Waals surface area contributed by atoms with Crippen molar-refractivity contribution < 1.29 is 18.4 Å². The van der Waals surface area contributed by atoms with E-state index in [0.717, 1.165) is 46.5 Å². The summed E-state index contributed by atoms with van der Waals surface area (Å²) < 4.78 is 29.2. The molecule has 2 amide bonds. The van der Waals surface area contributed by atoms with Crippen molar-refractivity contribution in [1.82, 2.24) is 4.90 Å². The Balaban J connectivity index is 1.68. The van der Waals surface area contributed by atoms with Crippen LogP contribution in [0.4, 0.5) is 19.3 Å². The van der Waals surface area contributed by atoms with Gasteiger partial charge in [-0.05, 0) is 68.8 Å². The molecule has 0 aliphatic carbocycles. The van der Waals surface area contributed by atoms with Crippen LogP contribution in [0.3, 0.4) is 0 Å². The van der Waals surface area contributed by atoms with E-state index < -0.39 is 22.8 Å². The molecule has 0 bridgehead atoms. The first kappa shape index (κ1) is 23.2. The van der Waals surface area contributed by atoms with E-state index in [1.54, 1.807) is 18.2 Å². The summed E-state index contributed by atoms with van der Waals surface area (Å²) in [6.45, 7) is 8.91. The number of benzene rings is 2. The molecule has 4 nitrogen and oxygen atoms in total. The van der Waals surface area contributed by atoms with E-state index in [1.165, 1.54) is 24.3 Å². The first-order valence-corrected chi connectivity index (χ1v) is 11.7. The number of hydrogen-bond donors (Lipinski definition) is 0. The van der Waals surface area contributed by atoms with Crippen LogP contribution in [0.15, 0.2) is 47.4 Å². The fraction of sp³-hybridized carbons (Fsp3) is 0.308. The van der Waals surface area contributed by atoms with Crippen LogP contribution >= 0.6 is 11.8 Å². The number of nitrogens with zero attached hydrogens (tertiary/aromatic N) is 2. The summed E-state index contributed by atoms with van der Waals surface area (Å²) in [4.78, 5) is 28.6. The Morgan fingerprint density at radius 3 is 2.52 bits per heavy atom. The second-order valence-corrected chi connectivity index (χ2v) is 9.88. The predicted octanol–water partition coefficient (Wildman–Crippen LogP) is 6.61. The average Bonchev–Trinajstić information content (AvgIpc) is 3.00. The summed E-state index contributed by atoms with van der Waals surface area (Å²) in [5, 5.41) is -0.500. The molecular weight excluding hydrogens is 442 g/mol. The zero-order valence-electron chi connectivity index (χ0n) is 19.1. The van der Waals surface area contributed by atoms with E-state index in [4.69, 9.17) is 0 Å². The molecule has 7 heteroatoms. The number of allylic oxidation sites excluding steroid dienone is 1. The molecule has 0 unspecified atom stereocenters. The Hall–Kier alpha value is -2.93. The number of anilines is 1. The van der Waals surface area contributed by atoms with Gasteiger partial charge in [0.1, 0.15) is 11.6 Å². The molecule has 2 aliphatic rings. The summed E-state index contributed by atoms with van der Waals surface area (Å²) >= 11 is 0.741. The molecule has 0 atom stereocenters. The highest BCUT2D eigenvalue weighted by atomic mass is 32.2. The van der Waals surface area contributed by atoms with Gasteiger partial charge in [-0.2, -0.15) is 0 Å². The molecule has 2 aromatic rings. The summed E-state index contributed by atoms with van der Waals surface area (Å²) in [6, 6.07) is 9.26. The molecule has 0 N–H and O–H groups in total. The molecule has 1 fully saturated rings. The number of hydrogen-bond acceptors (Lipinski definition) is 4. The number of thioether (sulfide) groups is 1. The highest BCUT2D eigenvalue weighted by Crippen LogP contribution is 2.41. The van der Waals surface area contributed by atoms with Gasteiger partial charge in [0.15, 0.2) is 0 Å². The maximum atomic E-state index is 15.2. The van der Waals surface area contributed by atoms with Gasteiger partial charge in [0.2, 0.25) is 0 Å². The minimum atomic E-state index is -0.550. The lowest BCUT2D eigenvalue weighted by molar-refractivity contribution is -0.123. The van der Waals surface area contributed by atoms with Crippen molar-refractivity contribution in [2.45, 2.75) is 46.2 Å². The van der Waals surface area contributed by atoms with E-state index in [1.807, 2.05) is 6.92 Å². The van der Waals surface area contributed by atoms with Crippen LogP contribution in [0.25, 0.3) is 11.6 Å². The van der Waals surface area contributed by atoms with Crippen LogP contribution in [0.2, 0.25) is 0 Å². The monoisotopic (exact) mass is 468 g/mol. The maximum absolute atomic E-state index is 15.2. The van der Waals surface area contributed by atoms with Gasteiger partial charge in [-0.3, -0.25) is 14.5 Å². The standard InChI is InChI=1S/C26H26F2N2O2S/c1-5-10-30-22-13-21(28)18(11-19(22)16(2)14-26(30,3)4)12-23-24(31)29(25(32)33-23)15-17-8-6-7-9-20(17)27/h6-9,11-14H,5,10,15H2,1-4H3/b23-12+. The molecule has 2 aromatic carbocycles. The summed E-state index contributed by atoms with van der Waals surface area (Å²) in [6.07, 6.45) is 4.50. The largest absolute Gasteiger partial charge is 0.362 e. The smallest absolute Gasteiger partial charge is 0.293 e. The lowest BCUT2D eigenvalue weighted by Gasteiger charge is -2.43.